The quantitative estimate of drug-likeness (QED) is 0.596. The average Bonchev–Trinajstić information content (AvgIpc) is 2.45. The van der Waals surface area contributed by atoms with Gasteiger partial charge in [-0.25, -0.2) is 4.79 Å². The highest BCUT2D eigenvalue weighted by molar-refractivity contribution is 5.97. The monoisotopic (exact) mass is 280 g/mol. The van der Waals surface area contributed by atoms with Crippen LogP contribution < -0.4 is 11.1 Å². The Hall–Kier alpha value is -2.08. The van der Waals surface area contributed by atoms with Gasteiger partial charge >= 0.3 is 5.97 Å². The van der Waals surface area contributed by atoms with E-state index in [1.807, 2.05) is 6.92 Å². The maximum atomic E-state index is 12.1. The predicted octanol–water partition coefficient (Wildman–Crippen LogP) is 0.885. The molecule has 0 radical (unpaired) electrons. The van der Waals surface area contributed by atoms with Crippen LogP contribution >= 0.6 is 0 Å². The van der Waals surface area contributed by atoms with Gasteiger partial charge in [-0.3, -0.25) is 4.79 Å². The molecule has 0 bridgehead atoms. The molecule has 6 heteroatoms. The van der Waals surface area contributed by atoms with Crippen molar-refractivity contribution in [2.45, 2.75) is 19.4 Å². The Balaban J connectivity index is 2.78. The van der Waals surface area contributed by atoms with Crippen LogP contribution in [0.15, 0.2) is 18.2 Å². The molecule has 0 aliphatic carbocycles. The van der Waals surface area contributed by atoms with Gasteiger partial charge in [0.15, 0.2) is 0 Å². The molecule has 3 N–H and O–H groups in total. The van der Waals surface area contributed by atoms with Crippen LogP contribution in [0, 0.1) is 6.92 Å². The Bertz CT molecular complexity index is 488. The Morgan fingerprint density at radius 2 is 2.05 bits per heavy atom. The highest BCUT2D eigenvalue weighted by atomic mass is 16.5. The van der Waals surface area contributed by atoms with E-state index in [4.69, 9.17) is 10.5 Å². The minimum Gasteiger partial charge on any atom is -0.467 e. The van der Waals surface area contributed by atoms with Crippen molar-refractivity contribution in [3.63, 3.8) is 0 Å². The molecule has 0 heterocycles. The van der Waals surface area contributed by atoms with Crippen LogP contribution in [0.5, 0.6) is 0 Å². The summed E-state index contributed by atoms with van der Waals surface area (Å²) < 4.78 is 9.57. The molecule has 0 aliphatic rings. The van der Waals surface area contributed by atoms with Crippen LogP contribution in [0.1, 0.15) is 22.3 Å². The lowest BCUT2D eigenvalue weighted by molar-refractivity contribution is -0.143. The minimum absolute atomic E-state index is 0.348. The second-order valence-corrected chi connectivity index (χ2v) is 4.40. The molecule has 0 saturated carbocycles. The number of nitrogen functional groups attached to an aromatic ring is 1. The first kappa shape index (κ1) is 16.0. The zero-order valence-corrected chi connectivity index (χ0v) is 11.9. The van der Waals surface area contributed by atoms with E-state index in [9.17, 15) is 9.59 Å². The number of amides is 1. The van der Waals surface area contributed by atoms with Crippen molar-refractivity contribution in [3.05, 3.63) is 29.3 Å². The number of rotatable bonds is 6. The standard InChI is InChI=1S/C14H20N2O4/c1-9-8-10(4-5-11(9)15)13(17)16-12(6-7-19-2)14(18)20-3/h4-5,8,12H,6-7,15H2,1-3H3,(H,16,17)/t12-/m1/s1. The number of ether oxygens (including phenoxy) is 2. The largest absolute Gasteiger partial charge is 0.467 e. The summed E-state index contributed by atoms with van der Waals surface area (Å²) in [6.07, 6.45) is 0.350. The van der Waals surface area contributed by atoms with Crippen molar-refractivity contribution in [1.29, 1.82) is 0 Å². The van der Waals surface area contributed by atoms with Gasteiger partial charge < -0.3 is 20.5 Å². The van der Waals surface area contributed by atoms with Gasteiger partial charge in [-0.05, 0) is 30.7 Å². The zero-order chi connectivity index (χ0) is 15.1. The molecule has 1 aromatic carbocycles. The molecule has 1 amide bonds. The molecule has 0 unspecified atom stereocenters. The normalized spacial score (nSPS) is 11.8. The lowest BCUT2D eigenvalue weighted by Crippen LogP contribution is -2.42. The molecule has 0 saturated heterocycles. The number of carbonyl (C=O) groups is 2. The van der Waals surface area contributed by atoms with Crippen LogP contribution in [0.3, 0.4) is 0 Å². The molecule has 1 aromatic rings. The van der Waals surface area contributed by atoms with Crippen molar-refractivity contribution >= 4 is 17.6 Å². The summed E-state index contributed by atoms with van der Waals surface area (Å²) in [5, 5.41) is 2.63. The molecular formula is C14H20N2O4. The first-order chi connectivity index (χ1) is 9.49. The van der Waals surface area contributed by atoms with Crippen molar-refractivity contribution in [3.8, 4) is 0 Å². The number of nitrogens with one attached hydrogen (secondary N) is 1. The molecule has 20 heavy (non-hydrogen) atoms. The summed E-state index contributed by atoms with van der Waals surface area (Å²) in [4.78, 5) is 23.7. The van der Waals surface area contributed by atoms with Crippen LogP contribution in [-0.2, 0) is 14.3 Å². The number of esters is 1. The fraction of sp³-hybridized carbons (Fsp3) is 0.429. The summed E-state index contributed by atoms with van der Waals surface area (Å²) in [5.41, 5.74) is 7.58. The van der Waals surface area contributed by atoms with Crippen LogP contribution in [0.25, 0.3) is 0 Å². The van der Waals surface area contributed by atoms with Gasteiger partial charge in [0.05, 0.1) is 7.11 Å². The maximum absolute atomic E-state index is 12.1. The van der Waals surface area contributed by atoms with E-state index in [0.717, 1.165) is 5.56 Å². The second kappa shape index (κ2) is 7.49. The SMILES string of the molecule is COCC[C@@H](NC(=O)c1ccc(N)c(C)c1)C(=O)OC. The van der Waals surface area contributed by atoms with Gasteiger partial charge in [-0.2, -0.15) is 0 Å². The van der Waals surface area contributed by atoms with Gasteiger partial charge in [-0.1, -0.05) is 0 Å². The molecule has 0 aliphatic heterocycles. The third kappa shape index (κ3) is 4.24. The van der Waals surface area contributed by atoms with Gasteiger partial charge in [0.2, 0.25) is 0 Å². The molecule has 1 atom stereocenters. The van der Waals surface area contributed by atoms with E-state index in [0.29, 0.717) is 24.3 Å². The summed E-state index contributed by atoms with van der Waals surface area (Å²) >= 11 is 0. The van der Waals surface area contributed by atoms with E-state index in [-0.39, 0.29) is 5.91 Å². The number of carbonyl (C=O) groups excluding carboxylic acids is 2. The molecule has 0 aromatic heterocycles. The van der Waals surface area contributed by atoms with Crippen LogP contribution in [0.4, 0.5) is 5.69 Å². The summed E-state index contributed by atoms with van der Waals surface area (Å²) in [6.45, 7) is 2.16. The average molecular weight is 280 g/mol. The first-order valence-electron chi connectivity index (χ1n) is 6.23. The van der Waals surface area contributed by atoms with Crippen molar-refractivity contribution in [2.24, 2.45) is 0 Å². The molecule has 1 rings (SSSR count). The molecule has 0 fully saturated rings. The number of aryl methyl sites for hydroxylation is 1. The Labute approximate surface area is 118 Å². The number of hydrogen-bond donors (Lipinski definition) is 2. The van der Waals surface area contributed by atoms with E-state index in [1.54, 1.807) is 18.2 Å². The van der Waals surface area contributed by atoms with E-state index >= 15 is 0 Å². The lowest BCUT2D eigenvalue weighted by Gasteiger charge is -2.16. The molecule has 0 spiro atoms. The van der Waals surface area contributed by atoms with E-state index < -0.39 is 12.0 Å². The van der Waals surface area contributed by atoms with Crippen molar-refractivity contribution in [2.75, 3.05) is 26.6 Å². The van der Waals surface area contributed by atoms with E-state index in [1.165, 1.54) is 14.2 Å². The minimum atomic E-state index is -0.731. The third-order valence-electron chi connectivity index (χ3n) is 2.93. The van der Waals surface area contributed by atoms with Crippen LogP contribution in [-0.4, -0.2) is 38.7 Å². The molecule has 110 valence electrons. The summed E-state index contributed by atoms with van der Waals surface area (Å²) in [6, 6.07) is 4.22. The van der Waals surface area contributed by atoms with Crippen molar-refractivity contribution in [1.82, 2.24) is 5.32 Å². The highest BCUT2D eigenvalue weighted by Gasteiger charge is 2.21. The number of methoxy groups -OCH3 is 2. The molecular weight excluding hydrogens is 260 g/mol. The lowest BCUT2D eigenvalue weighted by atomic mass is 10.1. The fourth-order valence-electron chi connectivity index (χ4n) is 1.69. The number of hydrogen-bond acceptors (Lipinski definition) is 5. The van der Waals surface area contributed by atoms with E-state index in [2.05, 4.69) is 10.1 Å². The Morgan fingerprint density at radius 1 is 1.35 bits per heavy atom. The second-order valence-electron chi connectivity index (χ2n) is 4.40. The molecule has 6 nitrogen and oxygen atoms in total. The van der Waals surface area contributed by atoms with Gasteiger partial charge in [0.25, 0.3) is 5.91 Å². The predicted molar refractivity (Wildman–Crippen MR) is 75.4 cm³/mol. The summed E-state index contributed by atoms with van der Waals surface area (Å²) in [5.74, 6) is -0.845. The third-order valence-corrected chi connectivity index (χ3v) is 2.93. The number of benzene rings is 1. The van der Waals surface area contributed by atoms with Crippen LogP contribution in [0.2, 0.25) is 0 Å². The zero-order valence-electron chi connectivity index (χ0n) is 11.9. The number of anilines is 1. The Morgan fingerprint density at radius 3 is 2.60 bits per heavy atom. The highest BCUT2D eigenvalue weighted by Crippen LogP contribution is 2.13. The fourth-order valence-corrected chi connectivity index (χ4v) is 1.69. The first-order valence-corrected chi connectivity index (χ1v) is 6.23. The number of nitrogens with two attached hydrogens (primary N) is 1. The summed E-state index contributed by atoms with van der Waals surface area (Å²) in [7, 11) is 2.81. The maximum Gasteiger partial charge on any atom is 0.328 e. The topological polar surface area (TPSA) is 90.6 Å². The smallest absolute Gasteiger partial charge is 0.328 e. The van der Waals surface area contributed by atoms with Gasteiger partial charge in [0, 0.05) is 31.4 Å². The van der Waals surface area contributed by atoms with Crippen molar-refractivity contribution < 1.29 is 19.1 Å². The van der Waals surface area contributed by atoms with Gasteiger partial charge in [0.1, 0.15) is 6.04 Å². The van der Waals surface area contributed by atoms with Gasteiger partial charge in [-0.15, -0.1) is 0 Å². The Kier molecular flexibility index (Phi) is 5.99.